The van der Waals surface area contributed by atoms with Gasteiger partial charge in [0.1, 0.15) is 5.52 Å². The van der Waals surface area contributed by atoms with Gasteiger partial charge >= 0.3 is 0 Å². The van der Waals surface area contributed by atoms with E-state index in [2.05, 4.69) is 24.1 Å². The molecule has 3 rings (SSSR count). The van der Waals surface area contributed by atoms with E-state index in [9.17, 15) is 5.11 Å². The van der Waals surface area contributed by atoms with Gasteiger partial charge in [0.05, 0.1) is 6.61 Å². The standard InChI is InChI=1S/C16H22N2O2S/c1-11(9-16(2,10-19)18-12-7-8-12)21-15-17-13-5-3-4-6-14(13)20-15/h3-6,11-12,18-19H,7-10H2,1-2H3. The fourth-order valence-electron chi connectivity index (χ4n) is 2.64. The van der Waals surface area contributed by atoms with E-state index in [0.29, 0.717) is 16.5 Å². The summed E-state index contributed by atoms with van der Waals surface area (Å²) in [5.41, 5.74) is 1.50. The first-order valence-corrected chi connectivity index (χ1v) is 8.37. The Morgan fingerprint density at radius 2 is 2.24 bits per heavy atom. The molecular formula is C16H22N2O2S. The number of aliphatic hydroxyl groups is 1. The predicted molar refractivity (Wildman–Crippen MR) is 85.6 cm³/mol. The molecule has 0 aliphatic heterocycles. The normalized spacial score (nSPS) is 19.6. The molecular weight excluding hydrogens is 284 g/mol. The summed E-state index contributed by atoms with van der Waals surface area (Å²) in [6, 6.07) is 8.39. The van der Waals surface area contributed by atoms with Gasteiger partial charge in [-0.2, -0.15) is 0 Å². The summed E-state index contributed by atoms with van der Waals surface area (Å²) in [6.45, 7) is 4.40. The SMILES string of the molecule is CC(CC(C)(CO)NC1CC1)Sc1nc2ccccc2o1. The average Bonchev–Trinajstić information content (AvgIpc) is 3.15. The molecule has 5 heteroatoms. The Hall–Kier alpha value is -1.04. The molecule has 0 spiro atoms. The second-order valence-corrected chi connectivity index (χ2v) is 7.61. The van der Waals surface area contributed by atoms with Crippen LogP contribution >= 0.6 is 11.8 Å². The van der Waals surface area contributed by atoms with Crippen molar-refractivity contribution in [1.29, 1.82) is 0 Å². The molecule has 2 N–H and O–H groups in total. The second kappa shape index (κ2) is 5.99. The molecule has 2 unspecified atom stereocenters. The van der Waals surface area contributed by atoms with Crippen molar-refractivity contribution in [2.45, 2.75) is 55.2 Å². The van der Waals surface area contributed by atoms with E-state index in [1.54, 1.807) is 11.8 Å². The smallest absolute Gasteiger partial charge is 0.256 e. The highest BCUT2D eigenvalue weighted by atomic mass is 32.2. The van der Waals surface area contributed by atoms with Crippen LogP contribution in [-0.4, -0.2) is 33.5 Å². The molecule has 1 aromatic heterocycles. The zero-order chi connectivity index (χ0) is 14.9. The van der Waals surface area contributed by atoms with Gasteiger partial charge in [-0.05, 0) is 38.3 Å². The lowest BCUT2D eigenvalue weighted by Crippen LogP contribution is -2.48. The van der Waals surface area contributed by atoms with Gasteiger partial charge in [-0.3, -0.25) is 0 Å². The molecule has 2 aromatic rings. The van der Waals surface area contributed by atoms with Crippen LogP contribution in [0.2, 0.25) is 0 Å². The molecule has 0 amide bonds. The monoisotopic (exact) mass is 306 g/mol. The van der Waals surface area contributed by atoms with Crippen molar-refractivity contribution in [2.24, 2.45) is 0 Å². The van der Waals surface area contributed by atoms with Crippen LogP contribution in [0.3, 0.4) is 0 Å². The third-order valence-corrected chi connectivity index (χ3v) is 4.74. The van der Waals surface area contributed by atoms with Gasteiger partial charge in [0.2, 0.25) is 0 Å². The van der Waals surface area contributed by atoms with Crippen molar-refractivity contribution in [3.63, 3.8) is 0 Å². The van der Waals surface area contributed by atoms with Crippen molar-refractivity contribution in [2.75, 3.05) is 6.61 Å². The number of hydrogen-bond donors (Lipinski definition) is 2. The Balaban J connectivity index is 1.63. The van der Waals surface area contributed by atoms with E-state index in [1.165, 1.54) is 12.8 Å². The van der Waals surface area contributed by atoms with Gasteiger partial charge < -0.3 is 14.8 Å². The van der Waals surface area contributed by atoms with Crippen LogP contribution in [-0.2, 0) is 0 Å². The number of rotatable bonds is 7. The summed E-state index contributed by atoms with van der Waals surface area (Å²) < 4.78 is 5.75. The highest BCUT2D eigenvalue weighted by Gasteiger charge is 2.33. The van der Waals surface area contributed by atoms with Gasteiger partial charge in [-0.1, -0.05) is 30.8 Å². The van der Waals surface area contributed by atoms with Gasteiger partial charge in [-0.25, -0.2) is 4.98 Å². The maximum Gasteiger partial charge on any atom is 0.256 e. The topological polar surface area (TPSA) is 58.3 Å². The summed E-state index contributed by atoms with van der Waals surface area (Å²) >= 11 is 1.63. The first-order valence-electron chi connectivity index (χ1n) is 7.49. The summed E-state index contributed by atoms with van der Waals surface area (Å²) in [6.07, 6.45) is 3.33. The quantitative estimate of drug-likeness (QED) is 0.769. The Bertz CT molecular complexity index is 578. The van der Waals surface area contributed by atoms with Crippen LogP contribution in [0.5, 0.6) is 0 Å². The minimum Gasteiger partial charge on any atom is -0.431 e. The number of fused-ring (bicyclic) bond motifs is 1. The molecule has 0 saturated heterocycles. The second-order valence-electron chi connectivity index (χ2n) is 6.22. The average molecular weight is 306 g/mol. The Morgan fingerprint density at radius 1 is 1.48 bits per heavy atom. The third-order valence-electron chi connectivity index (χ3n) is 3.79. The van der Waals surface area contributed by atoms with Gasteiger partial charge in [0, 0.05) is 16.8 Å². The molecule has 4 nitrogen and oxygen atoms in total. The highest BCUT2D eigenvalue weighted by molar-refractivity contribution is 7.99. The van der Waals surface area contributed by atoms with Crippen molar-refractivity contribution < 1.29 is 9.52 Å². The molecule has 0 bridgehead atoms. The third kappa shape index (κ3) is 3.78. The summed E-state index contributed by atoms with van der Waals surface area (Å²) in [5, 5.41) is 14.3. The lowest BCUT2D eigenvalue weighted by atomic mass is 9.97. The van der Waals surface area contributed by atoms with E-state index in [4.69, 9.17) is 4.42 Å². The first kappa shape index (κ1) is 14.9. The van der Waals surface area contributed by atoms with Crippen molar-refractivity contribution in [3.05, 3.63) is 24.3 Å². The van der Waals surface area contributed by atoms with E-state index in [0.717, 1.165) is 17.5 Å². The minimum absolute atomic E-state index is 0.155. The lowest BCUT2D eigenvalue weighted by molar-refractivity contribution is 0.164. The van der Waals surface area contributed by atoms with E-state index in [1.807, 2.05) is 24.3 Å². The van der Waals surface area contributed by atoms with Crippen LogP contribution < -0.4 is 5.32 Å². The number of benzene rings is 1. The zero-order valence-electron chi connectivity index (χ0n) is 12.5. The molecule has 0 radical (unpaired) electrons. The maximum absolute atomic E-state index is 9.68. The van der Waals surface area contributed by atoms with Crippen molar-refractivity contribution in [1.82, 2.24) is 10.3 Å². The van der Waals surface area contributed by atoms with Gasteiger partial charge in [0.25, 0.3) is 5.22 Å². The number of aromatic nitrogens is 1. The number of oxazole rings is 1. The molecule has 1 aromatic carbocycles. The van der Waals surface area contributed by atoms with Crippen LogP contribution in [0.4, 0.5) is 0 Å². The molecule has 114 valence electrons. The summed E-state index contributed by atoms with van der Waals surface area (Å²) in [5.74, 6) is 0. The van der Waals surface area contributed by atoms with Gasteiger partial charge in [0.15, 0.2) is 5.58 Å². The largest absolute Gasteiger partial charge is 0.431 e. The number of aliphatic hydroxyl groups excluding tert-OH is 1. The number of thioether (sulfide) groups is 1. The Labute approximate surface area is 129 Å². The molecule has 1 aliphatic carbocycles. The Kier molecular flexibility index (Phi) is 4.24. The molecule has 1 saturated carbocycles. The van der Waals surface area contributed by atoms with E-state index >= 15 is 0 Å². The highest BCUT2D eigenvalue weighted by Crippen LogP contribution is 2.32. The van der Waals surface area contributed by atoms with Crippen LogP contribution in [0.15, 0.2) is 33.9 Å². The van der Waals surface area contributed by atoms with Crippen LogP contribution in [0.1, 0.15) is 33.1 Å². The van der Waals surface area contributed by atoms with Crippen LogP contribution in [0, 0.1) is 0 Å². The van der Waals surface area contributed by atoms with Crippen molar-refractivity contribution >= 4 is 22.9 Å². The summed E-state index contributed by atoms with van der Waals surface area (Å²) in [7, 11) is 0. The molecule has 2 atom stereocenters. The number of nitrogens with zero attached hydrogens (tertiary/aromatic N) is 1. The van der Waals surface area contributed by atoms with E-state index in [-0.39, 0.29) is 12.1 Å². The van der Waals surface area contributed by atoms with Crippen LogP contribution in [0.25, 0.3) is 11.1 Å². The molecule has 21 heavy (non-hydrogen) atoms. The zero-order valence-corrected chi connectivity index (χ0v) is 13.3. The molecule has 1 fully saturated rings. The van der Waals surface area contributed by atoms with Gasteiger partial charge in [-0.15, -0.1) is 0 Å². The molecule has 1 aliphatic rings. The predicted octanol–water partition coefficient (Wildman–Crippen LogP) is 3.20. The number of hydrogen-bond acceptors (Lipinski definition) is 5. The Morgan fingerprint density at radius 3 is 2.90 bits per heavy atom. The minimum atomic E-state index is -0.223. The van der Waals surface area contributed by atoms with Crippen molar-refractivity contribution in [3.8, 4) is 0 Å². The van der Waals surface area contributed by atoms with E-state index < -0.39 is 0 Å². The first-order chi connectivity index (χ1) is 10.1. The molecule has 1 heterocycles. The fourth-order valence-corrected chi connectivity index (χ4v) is 3.72. The fraction of sp³-hybridized carbons (Fsp3) is 0.562. The maximum atomic E-state index is 9.68. The lowest BCUT2D eigenvalue weighted by Gasteiger charge is -2.31. The number of nitrogens with one attached hydrogen (secondary N) is 1. The number of para-hydroxylation sites is 2. The summed E-state index contributed by atoms with van der Waals surface area (Å²) in [4.78, 5) is 4.50.